The highest BCUT2D eigenvalue weighted by Crippen LogP contribution is 2.31. The van der Waals surface area contributed by atoms with E-state index in [2.05, 4.69) is 5.32 Å². The van der Waals surface area contributed by atoms with Crippen molar-refractivity contribution in [1.29, 1.82) is 0 Å². The number of amides is 3. The molecule has 9 nitrogen and oxygen atoms in total. The third-order valence-electron chi connectivity index (χ3n) is 4.63. The van der Waals surface area contributed by atoms with Gasteiger partial charge in [-0.25, -0.2) is 9.59 Å². The standard InChI is InChI=1S/C24H37N3O6/c1-16-20(28)25-18-14-17(10-11-19(18)31-16)15-27(22(30)33-24(5,6)7)13-9-12-26(8)21(29)32-23(2,3)4/h10-11,14,16H,9,12-13,15H2,1-8H3,(H,25,28). The van der Waals surface area contributed by atoms with Crippen molar-refractivity contribution < 1.29 is 28.6 Å². The predicted octanol–water partition coefficient (Wildman–Crippen LogP) is 4.40. The molecule has 1 N–H and O–H groups in total. The second-order valence-corrected chi connectivity index (χ2v) is 10.2. The van der Waals surface area contributed by atoms with Crippen LogP contribution in [0, 0.1) is 0 Å². The quantitative estimate of drug-likeness (QED) is 0.672. The van der Waals surface area contributed by atoms with Gasteiger partial charge in [-0.1, -0.05) is 6.07 Å². The molecule has 0 aliphatic carbocycles. The summed E-state index contributed by atoms with van der Waals surface area (Å²) in [5.41, 5.74) is 0.177. The summed E-state index contributed by atoms with van der Waals surface area (Å²) in [5.74, 6) is 0.377. The zero-order valence-electron chi connectivity index (χ0n) is 21.0. The van der Waals surface area contributed by atoms with E-state index in [1.807, 2.05) is 47.6 Å². The Balaban J connectivity index is 2.07. The minimum atomic E-state index is -0.642. The van der Waals surface area contributed by atoms with Gasteiger partial charge in [0.25, 0.3) is 5.91 Å². The van der Waals surface area contributed by atoms with E-state index in [1.165, 1.54) is 4.90 Å². The van der Waals surface area contributed by atoms with Crippen LogP contribution in [0.4, 0.5) is 15.3 Å². The number of carbonyl (C=O) groups is 3. The first-order chi connectivity index (χ1) is 15.1. The summed E-state index contributed by atoms with van der Waals surface area (Å²) in [7, 11) is 1.67. The largest absolute Gasteiger partial charge is 0.479 e. The number of nitrogens with one attached hydrogen (secondary N) is 1. The first kappa shape index (κ1) is 26.3. The van der Waals surface area contributed by atoms with Gasteiger partial charge in [-0.3, -0.25) is 4.79 Å². The maximum Gasteiger partial charge on any atom is 0.410 e. The molecule has 0 bridgehead atoms. The van der Waals surface area contributed by atoms with Crippen LogP contribution >= 0.6 is 0 Å². The van der Waals surface area contributed by atoms with E-state index >= 15 is 0 Å². The van der Waals surface area contributed by atoms with Crippen molar-refractivity contribution in [3.8, 4) is 5.75 Å². The second kappa shape index (κ2) is 10.3. The molecule has 1 unspecified atom stereocenters. The highest BCUT2D eigenvalue weighted by atomic mass is 16.6. The Hall–Kier alpha value is -2.97. The predicted molar refractivity (Wildman–Crippen MR) is 125 cm³/mol. The monoisotopic (exact) mass is 463 g/mol. The van der Waals surface area contributed by atoms with Gasteiger partial charge in [0, 0.05) is 26.7 Å². The van der Waals surface area contributed by atoms with Crippen molar-refractivity contribution in [2.24, 2.45) is 0 Å². The van der Waals surface area contributed by atoms with E-state index in [-0.39, 0.29) is 12.5 Å². The molecule has 33 heavy (non-hydrogen) atoms. The Kier molecular flexibility index (Phi) is 8.21. The van der Waals surface area contributed by atoms with E-state index < -0.39 is 29.5 Å². The van der Waals surface area contributed by atoms with E-state index in [1.54, 1.807) is 31.0 Å². The topological polar surface area (TPSA) is 97.4 Å². The molecule has 0 spiro atoms. The molecule has 0 saturated heterocycles. The van der Waals surface area contributed by atoms with Crippen molar-refractivity contribution in [1.82, 2.24) is 9.80 Å². The lowest BCUT2D eigenvalue weighted by Crippen LogP contribution is -2.39. The molecule has 0 fully saturated rings. The van der Waals surface area contributed by atoms with Gasteiger partial charge < -0.3 is 29.3 Å². The molecule has 1 atom stereocenters. The zero-order valence-corrected chi connectivity index (χ0v) is 21.0. The fourth-order valence-electron chi connectivity index (χ4n) is 3.07. The van der Waals surface area contributed by atoms with E-state index in [9.17, 15) is 14.4 Å². The number of carbonyl (C=O) groups excluding carboxylic acids is 3. The van der Waals surface area contributed by atoms with Gasteiger partial charge in [0.2, 0.25) is 0 Å². The Morgan fingerprint density at radius 1 is 1.03 bits per heavy atom. The summed E-state index contributed by atoms with van der Waals surface area (Å²) in [6.07, 6.45) is -0.874. The number of anilines is 1. The second-order valence-electron chi connectivity index (χ2n) is 10.2. The van der Waals surface area contributed by atoms with Crippen LogP contribution in [0.1, 0.15) is 60.5 Å². The fraction of sp³-hybridized carbons (Fsp3) is 0.625. The normalized spacial score (nSPS) is 15.6. The van der Waals surface area contributed by atoms with E-state index in [0.717, 1.165) is 5.56 Å². The van der Waals surface area contributed by atoms with Crippen molar-refractivity contribution >= 4 is 23.8 Å². The average molecular weight is 464 g/mol. The maximum absolute atomic E-state index is 12.8. The van der Waals surface area contributed by atoms with E-state index in [0.29, 0.717) is 30.9 Å². The molecule has 2 rings (SSSR count). The van der Waals surface area contributed by atoms with Crippen LogP contribution in [0.3, 0.4) is 0 Å². The van der Waals surface area contributed by atoms with Crippen molar-refractivity contribution in [3.05, 3.63) is 23.8 Å². The van der Waals surface area contributed by atoms with Crippen molar-refractivity contribution in [3.63, 3.8) is 0 Å². The summed E-state index contributed by atoms with van der Waals surface area (Å²) < 4.78 is 16.5. The Morgan fingerprint density at radius 2 is 1.64 bits per heavy atom. The molecule has 1 aliphatic heterocycles. The maximum atomic E-state index is 12.8. The summed E-state index contributed by atoms with van der Waals surface area (Å²) in [5, 5.41) is 2.82. The molecule has 0 saturated carbocycles. The van der Waals surface area contributed by atoms with Crippen LogP contribution in [0.25, 0.3) is 0 Å². The van der Waals surface area contributed by atoms with Crippen LogP contribution in [-0.4, -0.2) is 65.3 Å². The van der Waals surface area contributed by atoms with Gasteiger partial charge >= 0.3 is 12.2 Å². The summed E-state index contributed by atoms with van der Waals surface area (Å²) in [6, 6.07) is 5.43. The van der Waals surface area contributed by atoms with Gasteiger partial charge in [0.05, 0.1) is 5.69 Å². The summed E-state index contributed by atoms with van der Waals surface area (Å²) in [4.78, 5) is 40.1. The number of benzene rings is 1. The first-order valence-electron chi connectivity index (χ1n) is 11.2. The van der Waals surface area contributed by atoms with Crippen LogP contribution < -0.4 is 10.1 Å². The lowest BCUT2D eigenvalue weighted by molar-refractivity contribution is -0.122. The molecule has 9 heteroatoms. The van der Waals surface area contributed by atoms with Crippen LogP contribution in [0.5, 0.6) is 5.75 Å². The van der Waals surface area contributed by atoms with Crippen LogP contribution in [0.2, 0.25) is 0 Å². The fourth-order valence-corrected chi connectivity index (χ4v) is 3.07. The highest BCUT2D eigenvalue weighted by Gasteiger charge is 2.26. The first-order valence-corrected chi connectivity index (χ1v) is 11.2. The smallest absolute Gasteiger partial charge is 0.410 e. The van der Waals surface area contributed by atoms with Gasteiger partial charge in [-0.05, 0) is 72.6 Å². The van der Waals surface area contributed by atoms with Gasteiger partial charge in [-0.2, -0.15) is 0 Å². The molecule has 1 aromatic rings. The Bertz CT molecular complexity index is 872. The number of ether oxygens (including phenoxy) is 3. The lowest BCUT2D eigenvalue weighted by Gasteiger charge is -2.29. The molecule has 184 valence electrons. The molecule has 0 radical (unpaired) electrons. The third-order valence-corrected chi connectivity index (χ3v) is 4.63. The number of nitrogens with zero attached hydrogens (tertiary/aromatic N) is 2. The average Bonchev–Trinajstić information content (AvgIpc) is 2.65. The summed E-state index contributed by atoms with van der Waals surface area (Å²) in [6.45, 7) is 13.6. The molecule has 1 aromatic carbocycles. The van der Waals surface area contributed by atoms with Crippen molar-refractivity contribution in [2.45, 2.75) is 78.7 Å². The lowest BCUT2D eigenvalue weighted by atomic mass is 10.1. The third kappa shape index (κ3) is 8.47. The summed E-state index contributed by atoms with van der Waals surface area (Å²) >= 11 is 0. The Morgan fingerprint density at radius 3 is 2.24 bits per heavy atom. The van der Waals surface area contributed by atoms with E-state index in [4.69, 9.17) is 14.2 Å². The van der Waals surface area contributed by atoms with Gasteiger partial charge in [0.1, 0.15) is 17.0 Å². The van der Waals surface area contributed by atoms with Gasteiger partial charge in [0.15, 0.2) is 6.10 Å². The molecule has 1 heterocycles. The minimum absolute atomic E-state index is 0.214. The van der Waals surface area contributed by atoms with Crippen LogP contribution in [-0.2, 0) is 20.8 Å². The van der Waals surface area contributed by atoms with Crippen molar-refractivity contribution in [2.75, 3.05) is 25.5 Å². The number of rotatable bonds is 6. The number of hydrogen-bond acceptors (Lipinski definition) is 6. The number of fused-ring (bicyclic) bond motifs is 1. The Labute approximate surface area is 196 Å². The number of hydrogen-bond donors (Lipinski definition) is 1. The highest BCUT2D eigenvalue weighted by molar-refractivity contribution is 5.97. The molecular weight excluding hydrogens is 426 g/mol. The zero-order chi connectivity index (χ0) is 25.0. The molecule has 3 amide bonds. The SMILES string of the molecule is CC1Oc2ccc(CN(CCCN(C)C(=O)OC(C)(C)C)C(=O)OC(C)(C)C)cc2NC1=O. The van der Waals surface area contributed by atoms with Crippen LogP contribution in [0.15, 0.2) is 18.2 Å². The molecule has 0 aromatic heterocycles. The molecule has 1 aliphatic rings. The minimum Gasteiger partial charge on any atom is -0.479 e. The van der Waals surface area contributed by atoms with Gasteiger partial charge in [-0.15, -0.1) is 0 Å². The molecular formula is C24H37N3O6.